The molecular weight excluding hydrogens is 292 g/mol. The number of carbonyl (C=O) groups is 2. The molecule has 0 saturated heterocycles. The summed E-state index contributed by atoms with van der Waals surface area (Å²) >= 11 is 6.07. The molecule has 3 N–H and O–H groups in total. The maximum Gasteiger partial charge on any atom is 0.337 e. The quantitative estimate of drug-likeness (QED) is 0.791. The van der Waals surface area contributed by atoms with Gasteiger partial charge in [-0.2, -0.15) is 0 Å². The summed E-state index contributed by atoms with van der Waals surface area (Å²) in [4.78, 5) is 24.0. The van der Waals surface area contributed by atoms with Crippen molar-refractivity contribution >= 4 is 29.2 Å². The van der Waals surface area contributed by atoms with Crippen LogP contribution in [0.15, 0.2) is 18.2 Å². The SMILES string of the molecule is CCC(CC)(CN)C(=O)Nc1cc(C(=O)OC)ccc1Cl. The fraction of sp³-hybridized carbons (Fsp3) is 0.467. The summed E-state index contributed by atoms with van der Waals surface area (Å²) in [5.74, 6) is -0.683. The van der Waals surface area contributed by atoms with Crippen LogP contribution in [0.5, 0.6) is 0 Å². The van der Waals surface area contributed by atoms with Crippen LogP contribution in [0.3, 0.4) is 0 Å². The lowest BCUT2D eigenvalue weighted by atomic mass is 9.81. The van der Waals surface area contributed by atoms with E-state index >= 15 is 0 Å². The fourth-order valence-electron chi connectivity index (χ4n) is 2.07. The number of nitrogens with two attached hydrogens (primary N) is 1. The summed E-state index contributed by atoms with van der Waals surface area (Å²) < 4.78 is 4.65. The fourth-order valence-corrected chi connectivity index (χ4v) is 2.24. The summed E-state index contributed by atoms with van der Waals surface area (Å²) in [5, 5.41) is 3.12. The van der Waals surface area contributed by atoms with Gasteiger partial charge in [-0.1, -0.05) is 25.4 Å². The molecule has 0 heterocycles. The Bertz CT molecular complexity index is 519. The summed E-state index contributed by atoms with van der Waals surface area (Å²) in [7, 11) is 1.29. The Morgan fingerprint density at radius 1 is 1.33 bits per heavy atom. The molecule has 0 unspecified atom stereocenters. The van der Waals surface area contributed by atoms with Crippen molar-refractivity contribution in [3.8, 4) is 0 Å². The van der Waals surface area contributed by atoms with Gasteiger partial charge in [0.1, 0.15) is 0 Å². The van der Waals surface area contributed by atoms with E-state index in [0.29, 0.717) is 29.1 Å². The predicted molar refractivity (Wildman–Crippen MR) is 83.5 cm³/mol. The maximum atomic E-state index is 12.5. The number of halogens is 1. The molecule has 1 aromatic carbocycles. The normalized spacial score (nSPS) is 11.1. The second-order valence-corrected chi connectivity index (χ2v) is 5.24. The third kappa shape index (κ3) is 3.74. The number of rotatable bonds is 6. The van der Waals surface area contributed by atoms with Crippen molar-refractivity contribution in [1.82, 2.24) is 0 Å². The number of benzene rings is 1. The van der Waals surface area contributed by atoms with E-state index in [1.54, 1.807) is 12.1 Å². The first kappa shape index (κ1) is 17.5. The highest BCUT2D eigenvalue weighted by Crippen LogP contribution is 2.30. The molecule has 0 atom stereocenters. The lowest BCUT2D eigenvalue weighted by Gasteiger charge is -2.28. The van der Waals surface area contributed by atoms with Crippen molar-refractivity contribution in [3.05, 3.63) is 28.8 Å². The third-order valence-corrected chi connectivity index (χ3v) is 4.19. The Morgan fingerprint density at radius 2 is 1.95 bits per heavy atom. The molecule has 0 aliphatic carbocycles. The number of hydrogen-bond acceptors (Lipinski definition) is 4. The Morgan fingerprint density at radius 3 is 2.43 bits per heavy atom. The molecule has 1 amide bonds. The van der Waals surface area contributed by atoms with Gasteiger partial charge in [0.2, 0.25) is 5.91 Å². The maximum absolute atomic E-state index is 12.5. The number of nitrogens with one attached hydrogen (secondary N) is 1. The monoisotopic (exact) mass is 312 g/mol. The molecule has 0 spiro atoms. The standard InChI is InChI=1S/C15H21ClN2O3/c1-4-15(5-2,9-17)14(20)18-12-8-10(13(19)21-3)6-7-11(12)16/h6-8H,4-5,9,17H2,1-3H3,(H,18,20). The minimum atomic E-state index is -0.634. The van der Waals surface area contributed by atoms with Crippen molar-refractivity contribution in [2.75, 3.05) is 19.0 Å². The lowest BCUT2D eigenvalue weighted by molar-refractivity contribution is -0.125. The van der Waals surface area contributed by atoms with E-state index in [9.17, 15) is 9.59 Å². The molecule has 0 bridgehead atoms. The van der Waals surface area contributed by atoms with Crippen LogP contribution >= 0.6 is 11.6 Å². The van der Waals surface area contributed by atoms with Crippen LogP contribution in [0.4, 0.5) is 5.69 Å². The molecule has 0 fully saturated rings. The number of methoxy groups -OCH3 is 1. The molecular formula is C15H21ClN2O3. The topological polar surface area (TPSA) is 81.4 Å². The van der Waals surface area contributed by atoms with Crippen LogP contribution in [0, 0.1) is 5.41 Å². The average Bonchev–Trinajstić information content (AvgIpc) is 2.51. The molecule has 21 heavy (non-hydrogen) atoms. The minimum Gasteiger partial charge on any atom is -0.465 e. The van der Waals surface area contributed by atoms with Crippen molar-refractivity contribution in [1.29, 1.82) is 0 Å². The molecule has 0 radical (unpaired) electrons. The van der Waals surface area contributed by atoms with Crippen LogP contribution < -0.4 is 11.1 Å². The molecule has 0 aliphatic heterocycles. The third-order valence-electron chi connectivity index (χ3n) is 3.86. The largest absolute Gasteiger partial charge is 0.465 e. The lowest BCUT2D eigenvalue weighted by Crippen LogP contribution is -2.41. The van der Waals surface area contributed by atoms with E-state index in [0.717, 1.165) is 0 Å². The number of anilines is 1. The zero-order chi connectivity index (χ0) is 16.0. The highest BCUT2D eigenvalue weighted by molar-refractivity contribution is 6.34. The average molecular weight is 313 g/mol. The Labute approximate surface area is 129 Å². The molecule has 116 valence electrons. The van der Waals surface area contributed by atoms with E-state index in [2.05, 4.69) is 10.1 Å². The summed E-state index contributed by atoms with van der Waals surface area (Å²) in [6, 6.07) is 4.59. The van der Waals surface area contributed by atoms with E-state index < -0.39 is 11.4 Å². The van der Waals surface area contributed by atoms with Gasteiger partial charge in [-0.3, -0.25) is 4.79 Å². The van der Waals surface area contributed by atoms with Crippen LogP contribution in [-0.2, 0) is 9.53 Å². The summed E-state index contributed by atoms with van der Waals surface area (Å²) in [6.45, 7) is 4.09. The number of hydrogen-bond donors (Lipinski definition) is 2. The highest BCUT2D eigenvalue weighted by Gasteiger charge is 2.33. The first-order valence-electron chi connectivity index (χ1n) is 6.83. The Kier molecular flexibility index (Phi) is 6.18. The minimum absolute atomic E-state index is 0.195. The highest BCUT2D eigenvalue weighted by atomic mass is 35.5. The van der Waals surface area contributed by atoms with Crippen molar-refractivity contribution in [2.45, 2.75) is 26.7 Å². The van der Waals surface area contributed by atoms with Gasteiger partial charge in [0.15, 0.2) is 0 Å². The molecule has 5 nitrogen and oxygen atoms in total. The number of carbonyl (C=O) groups excluding carboxylic acids is 2. The number of ether oxygens (including phenoxy) is 1. The number of esters is 1. The zero-order valence-electron chi connectivity index (χ0n) is 12.5. The number of amides is 1. The second-order valence-electron chi connectivity index (χ2n) is 4.83. The van der Waals surface area contributed by atoms with Gasteiger partial charge in [0.05, 0.1) is 28.8 Å². The second kappa shape index (κ2) is 7.43. The van der Waals surface area contributed by atoms with E-state index in [1.807, 2.05) is 13.8 Å². The van der Waals surface area contributed by atoms with Gasteiger partial charge in [-0.25, -0.2) is 4.79 Å². The van der Waals surface area contributed by atoms with Gasteiger partial charge in [-0.05, 0) is 31.0 Å². The van der Waals surface area contributed by atoms with Crippen molar-refractivity contribution < 1.29 is 14.3 Å². The van der Waals surface area contributed by atoms with Gasteiger partial charge in [0.25, 0.3) is 0 Å². The molecule has 0 aliphatic rings. The van der Waals surface area contributed by atoms with Crippen LogP contribution in [0.1, 0.15) is 37.0 Å². The van der Waals surface area contributed by atoms with E-state index in [1.165, 1.54) is 13.2 Å². The molecule has 0 saturated carbocycles. The Balaban J connectivity index is 3.07. The van der Waals surface area contributed by atoms with Crippen LogP contribution in [0.2, 0.25) is 5.02 Å². The first-order valence-corrected chi connectivity index (χ1v) is 7.21. The molecule has 0 aromatic heterocycles. The molecule has 1 aromatic rings. The summed E-state index contributed by atoms with van der Waals surface area (Å²) in [6.07, 6.45) is 1.25. The van der Waals surface area contributed by atoms with Gasteiger partial charge >= 0.3 is 5.97 Å². The smallest absolute Gasteiger partial charge is 0.337 e. The predicted octanol–water partition coefficient (Wildman–Crippen LogP) is 2.83. The van der Waals surface area contributed by atoms with Crippen molar-refractivity contribution in [2.24, 2.45) is 11.1 Å². The van der Waals surface area contributed by atoms with E-state index in [4.69, 9.17) is 17.3 Å². The molecule has 6 heteroatoms. The van der Waals surface area contributed by atoms with Gasteiger partial charge in [0, 0.05) is 6.54 Å². The van der Waals surface area contributed by atoms with Crippen LogP contribution in [-0.4, -0.2) is 25.5 Å². The van der Waals surface area contributed by atoms with E-state index in [-0.39, 0.29) is 12.5 Å². The van der Waals surface area contributed by atoms with Crippen LogP contribution in [0.25, 0.3) is 0 Å². The van der Waals surface area contributed by atoms with Gasteiger partial charge in [-0.15, -0.1) is 0 Å². The summed E-state index contributed by atoms with van der Waals surface area (Å²) in [5.41, 5.74) is 5.82. The zero-order valence-corrected chi connectivity index (χ0v) is 13.3. The first-order chi connectivity index (χ1) is 9.93. The van der Waals surface area contributed by atoms with Crippen molar-refractivity contribution in [3.63, 3.8) is 0 Å². The van der Waals surface area contributed by atoms with Gasteiger partial charge < -0.3 is 15.8 Å². The Hall–Kier alpha value is -1.59. The molecule has 1 rings (SSSR count).